The average Bonchev–Trinajstić information content (AvgIpc) is 3.03. The molecule has 0 aromatic heterocycles. The zero-order chi connectivity index (χ0) is 24.9. The van der Waals surface area contributed by atoms with Crippen molar-refractivity contribution in [2.45, 2.75) is 39.1 Å². The van der Waals surface area contributed by atoms with E-state index in [1.54, 1.807) is 0 Å². The van der Waals surface area contributed by atoms with Crippen LogP contribution in [0.1, 0.15) is 51.8 Å². The molecule has 33 heavy (non-hydrogen) atoms. The Bertz CT molecular complexity index is 1020. The van der Waals surface area contributed by atoms with Gasteiger partial charge in [0.1, 0.15) is 24.9 Å². The summed E-state index contributed by atoms with van der Waals surface area (Å²) in [6, 6.07) is 3.80. The number of aliphatic hydroxyl groups is 1. The summed E-state index contributed by atoms with van der Waals surface area (Å²) in [6.07, 6.45) is -5.34. The minimum atomic E-state index is -1.86. The lowest BCUT2D eigenvalue weighted by atomic mass is 9.86. The van der Waals surface area contributed by atoms with Crippen LogP contribution in [-0.2, 0) is 33.4 Å². The number of rotatable bonds is 10. The van der Waals surface area contributed by atoms with Gasteiger partial charge in [-0.1, -0.05) is 12.1 Å². The van der Waals surface area contributed by atoms with Crippen molar-refractivity contribution in [2.75, 3.05) is 6.61 Å². The number of nitrogens with one attached hydrogen (secondary N) is 1. The fourth-order valence-electron chi connectivity index (χ4n) is 3.28. The number of hydrogen-bond acceptors (Lipinski definition) is 11. The Balaban J connectivity index is 2.52. The number of benzene rings is 1. The van der Waals surface area contributed by atoms with Crippen LogP contribution in [0.3, 0.4) is 0 Å². The number of fused-ring (bicyclic) bond motifs is 1. The van der Waals surface area contributed by atoms with Gasteiger partial charge in [-0.25, -0.2) is 0 Å². The van der Waals surface area contributed by atoms with Gasteiger partial charge in [-0.2, -0.15) is 0 Å². The third kappa shape index (κ3) is 5.86. The molecule has 1 aliphatic heterocycles. The zero-order valence-corrected chi connectivity index (χ0v) is 17.9. The van der Waals surface area contributed by atoms with Crippen molar-refractivity contribution in [3.63, 3.8) is 0 Å². The minimum absolute atomic E-state index is 0.0917. The second-order valence-electron chi connectivity index (χ2n) is 7.06. The Labute approximate surface area is 187 Å². The molecule has 0 spiro atoms. The summed E-state index contributed by atoms with van der Waals surface area (Å²) in [7, 11) is 0. The number of hydrogen-bond donors (Lipinski definition) is 2. The molecule has 2 N–H and O–H groups in total. The summed E-state index contributed by atoms with van der Waals surface area (Å²) in [4.78, 5) is 83.8. The van der Waals surface area contributed by atoms with E-state index in [0.29, 0.717) is 0 Å². The van der Waals surface area contributed by atoms with Crippen molar-refractivity contribution in [1.29, 1.82) is 0 Å². The molecule has 0 saturated carbocycles. The SMILES string of the molecule is CC(=O)OC[C@@H](O)[C@@H](OC(C)=O)[C@H](OC(C)=O)[C@H](C=O)C(=O)c1cccc2c1C(=O)NC2=O. The maximum absolute atomic E-state index is 13.3. The number of ketones is 1. The number of Topliss-reactive ketones (excluding diaryl/α,β-unsaturated/α-hetero) is 1. The lowest BCUT2D eigenvalue weighted by Crippen LogP contribution is -2.51. The predicted octanol–water partition coefficient (Wildman–Crippen LogP) is -0.645. The number of aldehydes is 1. The van der Waals surface area contributed by atoms with Crippen LogP contribution in [0.5, 0.6) is 0 Å². The van der Waals surface area contributed by atoms with Gasteiger partial charge in [0.2, 0.25) is 0 Å². The Hall–Kier alpha value is -3.93. The second-order valence-corrected chi connectivity index (χ2v) is 7.06. The number of esters is 3. The van der Waals surface area contributed by atoms with E-state index in [-0.39, 0.29) is 23.0 Å². The normalized spacial score (nSPS) is 15.9. The molecule has 0 aliphatic carbocycles. The molecule has 176 valence electrons. The monoisotopic (exact) mass is 463 g/mol. The molecule has 0 unspecified atom stereocenters. The molecule has 4 atom stereocenters. The highest BCUT2D eigenvalue weighted by molar-refractivity contribution is 6.26. The van der Waals surface area contributed by atoms with Crippen molar-refractivity contribution in [1.82, 2.24) is 5.32 Å². The van der Waals surface area contributed by atoms with Gasteiger partial charge in [-0.15, -0.1) is 0 Å². The van der Waals surface area contributed by atoms with Gasteiger partial charge < -0.3 is 24.1 Å². The molecule has 2 rings (SSSR count). The molecule has 12 heteroatoms. The molecule has 0 saturated heterocycles. The average molecular weight is 463 g/mol. The van der Waals surface area contributed by atoms with Crippen LogP contribution in [0.15, 0.2) is 18.2 Å². The molecule has 1 heterocycles. The summed E-state index contributed by atoms with van der Waals surface area (Å²) >= 11 is 0. The fraction of sp³-hybridized carbons (Fsp3) is 0.381. The van der Waals surface area contributed by atoms with Crippen LogP contribution in [-0.4, -0.2) is 71.8 Å². The molecule has 0 radical (unpaired) electrons. The van der Waals surface area contributed by atoms with E-state index in [2.05, 4.69) is 4.74 Å². The molecule has 2 amide bonds. The maximum Gasteiger partial charge on any atom is 0.303 e. The van der Waals surface area contributed by atoms with Gasteiger partial charge in [-0.05, 0) is 6.07 Å². The Morgan fingerprint density at radius 1 is 0.970 bits per heavy atom. The van der Waals surface area contributed by atoms with E-state index in [9.17, 15) is 38.7 Å². The highest BCUT2D eigenvalue weighted by Crippen LogP contribution is 2.26. The first-order valence-electron chi connectivity index (χ1n) is 9.62. The first-order chi connectivity index (χ1) is 15.5. The third-order valence-corrected chi connectivity index (χ3v) is 4.60. The van der Waals surface area contributed by atoms with Crippen LogP contribution in [0, 0.1) is 5.92 Å². The molecular formula is C21H21NO11. The largest absolute Gasteiger partial charge is 0.463 e. The van der Waals surface area contributed by atoms with E-state index >= 15 is 0 Å². The number of amides is 2. The minimum Gasteiger partial charge on any atom is -0.463 e. The first-order valence-corrected chi connectivity index (χ1v) is 9.62. The van der Waals surface area contributed by atoms with Crippen LogP contribution in [0.4, 0.5) is 0 Å². The van der Waals surface area contributed by atoms with Gasteiger partial charge in [0.25, 0.3) is 11.8 Å². The van der Waals surface area contributed by atoms with Gasteiger partial charge in [0, 0.05) is 26.3 Å². The number of imide groups is 1. The van der Waals surface area contributed by atoms with Crippen molar-refractivity contribution in [2.24, 2.45) is 5.92 Å². The molecule has 0 bridgehead atoms. The van der Waals surface area contributed by atoms with Crippen LogP contribution >= 0.6 is 0 Å². The summed E-state index contributed by atoms with van der Waals surface area (Å²) < 4.78 is 14.8. The van der Waals surface area contributed by atoms with E-state index in [1.165, 1.54) is 18.2 Å². The number of carbonyl (C=O) groups is 7. The van der Waals surface area contributed by atoms with E-state index < -0.39 is 66.3 Å². The van der Waals surface area contributed by atoms with Gasteiger partial charge in [0.15, 0.2) is 18.0 Å². The highest BCUT2D eigenvalue weighted by atomic mass is 16.6. The Kier molecular flexibility index (Phi) is 8.13. The molecule has 1 aromatic carbocycles. The maximum atomic E-state index is 13.3. The van der Waals surface area contributed by atoms with Crippen molar-refractivity contribution in [3.8, 4) is 0 Å². The van der Waals surface area contributed by atoms with Crippen molar-refractivity contribution >= 4 is 41.8 Å². The Morgan fingerprint density at radius 3 is 2.12 bits per heavy atom. The number of carbonyl (C=O) groups excluding carboxylic acids is 7. The van der Waals surface area contributed by atoms with Gasteiger partial charge >= 0.3 is 17.9 Å². The van der Waals surface area contributed by atoms with E-state index in [1.807, 2.05) is 5.32 Å². The lowest BCUT2D eigenvalue weighted by molar-refractivity contribution is -0.183. The standard InChI is InChI=1S/C21H21NO11/c1-9(24)31-8-15(27)19(33-11(3)26)18(32-10(2)25)14(7-23)17(28)12-5-4-6-13-16(12)21(30)22-20(13)29/h4-7,14-15,18-19,27H,8H2,1-3H3,(H,22,29,30)/t14-,15-,18-,19-/m1/s1. The molecule has 1 aromatic rings. The van der Waals surface area contributed by atoms with Gasteiger partial charge in [-0.3, -0.25) is 34.1 Å². The van der Waals surface area contributed by atoms with E-state index in [4.69, 9.17) is 9.47 Å². The smallest absolute Gasteiger partial charge is 0.303 e. The van der Waals surface area contributed by atoms with Crippen molar-refractivity contribution < 1.29 is 52.9 Å². The summed E-state index contributed by atoms with van der Waals surface area (Å²) in [6.45, 7) is 2.27. The quantitative estimate of drug-likeness (QED) is 0.112. The zero-order valence-electron chi connectivity index (χ0n) is 17.9. The van der Waals surface area contributed by atoms with E-state index in [0.717, 1.165) is 20.8 Å². The first kappa shape index (κ1) is 25.3. The molecule has 1 aliphatic rings. The fourth-order valence-corrected chi connectivity index (χ4v) is 3.28. The Morgan fingerprint density at radius 2 is 1.58 bits per heavy atom. The summed E-state index contributed by atoms with van der Waals surface area (Å²) in [5.41, 5.74) is -0.683. The predicted molar refractivity (Wildman–Crippen MR) is 106 cm³/mol. The number of ether oxygens (including phenoxy) is 3. The third-order valence-electron chi connectivity index (χ3n) is 4.60. The summed E-state index contributed by atoms with van der Waals surface area (Å²) in [5.74, 6) is -7.21. The summed E-state index contributed by atoms with van der Waals surface area (Å²) in [5, 5.41) is 12.5. The topological polar surface area (TPSA) is 179 Å². The molecule has 0 fully saturated rings. The lowest BCUT2D eigenvalue weighted by Gasteiger charge is -2.32. The van der Waals surface area contributed by atoms with Crippen LogP contribution < -0.4 is 5.32 Å². The molecule has 12 nitrogen and oxygen atoms in total. The second kappa shape index (κ2) is 10.6. The number of aliphatic hydroxyl groups excluding tert-OH is 1. The van der Waals surface area contributed by atoms with Gasteiger partial charge in [0.05, 0.1) is 11.1 Å². The van der Waals surface area contributed by atoms with Crippen LogP contribution in [0.25, 0.3) is 0 Å². The van der Waals surface area contributed by atoms with Crippen molar-refractivity contribution in [3.05, 3.63) is 34.9 Å². The highest BCUT2D eigenvalue weighted by Gasteiger charge is 2.44. The molecular weight excluding hydrogens is 442 g/mol. The van der Waals surface area contributed by atoms with Crippen LogP contribution in [0.2, 0.25) is 0 Å².